The van der Waals surface area contributed by atoms with E-state index in [1.165, 1.54) is 24.3 Å². The van der Waals surface area contributed by atoms with Crippen molar-refractivity contribution in [3.05, 3.63) is 67.4 Å². The molecule has 1 aromatic carbocycles. The van der Waals surface area contributed by atoms with Crippen LogP contribution in [0.15, 0.2) is 40.1 Å². The van der Waals surface area contributed by atoms with Gasteiger partial charge in [0, 0.05) is 17.6 Å². The fourth-order valence-electron chi connectivity index (χ4n) is 2.85. The second kappa shape index (κ2) is 8.01. The van der Waals surface area contributed by atoms with Gasteiger partial charge in [-0.3, -0.25) is 14.3 Å². The normalized spacial score (nSPS) is 21.9. The molecule has 156 valence electrons. The van der Waals surface area contributed by atoms with E-state index >= 15 is 0 Å². The van der Waals surface area contributed by atoms with E-state index in [0.717, 1.165) is 0 Å². The summed E-state index contributed by atoms with van der Waals surface area (Å²) in [5, 5.41) is 9.86. The molecule has 12 heteroatoms. The maximum Gasteiger partial charge on any atom is 0.423 e. The Kier molecular flexibility index (Phi) is 5.82. The van der Waals surface area contributed by atoms with Gasteiger partial charge in [-0.15, -0.1) is 0 Å². The molecule has 0 radical (unpaired) electrons. The smallest absolute Gasteiger partial charge is 0.423 e. The predicted octanol–water partition coefficient (Wildman–Crippen LogP) is 1.71. The van der Waals surface area contributed by atoms with Crippen molar-refractivity contribution in [3.63, 3.8) is 0 Å². The molecule has 29 heavy (non-hydrogen) atoms. The van der Waals surface area contributed by atoms with Crippen LogP contribution in [-0.2, 0) is 15.7 Å². The predicted molar refractivity (Wildman–Crippen MR) is 92.6 cm³/mol. The number of H-pyrrole nitrogens is 1. The third-order valence-corrected chi connectivity index (χ3v) is 4.53. The van der Waals surface area contributed by atoms with Crippen LogP contribution in [0, 0.1) is 0 Å². The first-order chi connectivity index (χ1) is 13.6. The molecule has 3 rings (SSSR count). The number of nitrogens with one attached hydrogen (secondary N) is 1. The van der Waals surface area contributed by atoms with Gasteiger partial charge in [0.15, 0.2) is 0 Å². The maximum absolute atomic E-state index is 13.0. The zero-order valence-electron chi connectivity index (χ0n) is 14.5. The van der Waals surface area contributed by atoms with E-state index in [4.69, 9.17) is 21.1 Å². The third kappa shape index (κ3) is 4.52. The van der Waals surface area contributed by atoms with Crippen LogP contribution in [0.5, 0.6) is 0 Å². The summed E-state index contributed by atoms with van der Waals surface area (Å²) in [6, 6.07) is 5.75. The van der Waals surface area contributed by atoms with Crippen LogP contribution in [-0.4, -0.2) is 39.4 Å². The summed E-state index contributed by atoms with van der Waals surface area (Å²) in [7, 11) is 0. The molecule has 1 aliphatic heterocycles. The molecule has 0 spiro atoms. The standard InChI is InChI=1S/C17H14ClF3N2O6/c18-9-3-1-8(2-4-9)15(26)29-11-5-13(28-12(11)7-24)23-6-10(17(19,20)21)14(25)22-16(23)27/h1-4,6,11-13,24H,5,7H2,(H,22,25,27)/t11-,12+,13-/m0/s1. The summed E-state index contributed by atoms with van der Waals surface area (Å²) in [4.78, 5) is 37.2. The van der Waals surface area contributed by atoms with Crippen molar-refractivity contribution >= 4 is 17.6 Å². The number of hydrogen-bond donors (Lipinski definition) is 2. The molecule has 0 unspecified atom stereocenters. The largest absolute Gasteiger partial charge is 0.456 e. The average Bonchev–Trinajstić information content (AvgIpc) is 3.03. The highest BCUT2D eigenvalue weighted by Crippen LogP contribution is 2.32. The number of carbonyl (C=O) groups excluding carboxylic acids is 1. The van der Waals surface area contributed by atoms with E-state index < -0.39 is 54.0 Å². The molecule has 0 amide bonds. The Balaban J connectivity index is 1.84. The van der Waals surface area contributed by atoms with E-state index in [1.54, 1.807) is 4.98 Å². The van der Waals surface area contributed by atoms with Gasteiger partial charge in [0.05, 0.1) is 12.2 Å². The molecule has 3 atom stereocenters. The van der Waals surface area contributed by atoms with Gasteiger partial charge in [-0.25, -0.2) is 9.59 Å². The third-order valence-electron chi connectivity index (χ3n) is 4.28. The highest BCUT2D eigenvalue weighted by Gasteiger charge is 2.41. The first-order valence-electron chi connectivity index (χ1n) is 8.25. The van der Waals surface area contributed by atoms with Gasteiger partial charge in [-0.05, 0) is 24.3 Å². The van der Waals surface area contributed by atoms with E-state index in [9.17, 15) is 32.7 Å². The number of aliphatic hydroxyl groups is 1. The number of esters is 1. The lowest BCUT2D eigenvalue weighted by molar-refractivity contribution is -0.139. The lowest BCUT2D eigenvalue weighted by atomic mass is 10.1. The molecule has 0 aliphatic carbocycles. The van der Waals surface area contributed by atoms with E-state index in [2.05, 4.69) is 0 Å². The van der Waals surface area contributed by atoms with E-state index in [-0.39, 0.29) is 12.0 Å². The van der Waals surface area contributed by atoms with Gasteiger partial charge in [-0.2, -0.15) is 13.2 Å². The minimum Gasteiger partial charge on any atom is -0.456 e. The van der Waals surface area contributed by atoms with Crippen LogP contribution in [0.1, 0.15) is 28.6 Å². The second-order valence-electron chi connectivity index (χ2n) is 6.21. The number of rotatable bonds is 4. The Bertz CT molecular complexity index is 1020. The van der Waals surface area contributed by atoms with Gasteiger partial charge in [-0.1, -0.05) is 11.6 Å². The summed E-state index contributed by atoms with van der Waals surface area (Å²) in [5.74, 6) is -0.765. The molecule has 2 aromatic rings. The molecule has 2 heterocycles. The van der Waals surface area contributed by atoms with Gasteiger partial charge < -0.3 is 14.6 Å². The lowest BCUT2D eigenvalue weighted by Gasteiger charge is -2.16. The topological polar surface area (TPSA) is 111 Å². The van der Waals surface area contributed by atoms with Crippen LogP contribution in [0.2, 0.25) is 5.02 Å². The molecule has 1 aromatic heterocycles. The van der Waals surface area contributed by atoms with Gasteiger partial charge >= 0.3 is 17.8 Å². The number of aromatic amines is 1. The molecular formula is C17H14ClF3N2O6. The quantitative estimate of drug-likeness (QED) is 0.709. The van der Waals surface area contributed by atoms with Crippen molar-refractivity contribution in [3.8, 4) is 0 Å². The van der Waals surface area contributed by atoms with Crippen LogP contribution in [0.4, 0.5) is 13.2 Å². The van der Waals surface area contributed by atoms with Crippen molar-refractivity contribution in [2.75, 3.05) is 6.61 Å². The number of nitrogens with zero attached hydrogens (tertiary/aromatic N) is 1. The Morgan fingerprint density at radius 3 is 2.55 bits per heavy atom. The van der Waals surface area contributed by atoms with Gasteiger partial charge in [0.1, 0.15) is 24.0 Å². The molecule has 0 saturated carbocycles. The van der Waals surface area contributed by atoms with Crippen LogP contribution < -0.4 is 11.2 Å². The SMILES string of the molecule is O=C(O[C@H]1C[C@@H](n2cc(C(F)(F)F)c(=O)[nH]c2=O)O[C@@H]1CO)c1ccc(Cl)cc1. The summed E-state index contributed by atoms with van der Waals surface area (Å²) in [6.07, 6.45) is -8.28. The zero-order chi connectivity index (χ0) is 21.3. The molecule has 1 saturated heterocycles. The number of carbonyl (C=O) groups is 1. The highest BCUT2D eigenvalue weighted by atomic mass is 35.5. The number of ether oxygens (including phenoxy) is 2. The van der Waals surface area contributed by atoms with E-state index in [0.29, 0.717) is 15.8 Å². The first kappa shape index (κ1) is 21.1. The number of benzene rings is 1. The number of aromatic nitrogens is 2. The Labute approximate surface area is 165 Å². The summed E-state index contributed by atoms with van der Waals surface area (Å²) in [5.41, 5.74) is -4.13. The number of hydrogen-bond acceptors (Lipinski definition) is 6. The molecule has 1 aliphatic rings. The minimum absolute atomic E-state index is 0.162. The van der Waals surface area contributed by atoms with Crippen LogP contribution >= 0.6 is 11.6 Å². The summed E-state index contributed by atoms with van der Waals surface area (Å²) in [6.45, 7) is -0.612. The zero-order valence-corrected chi connectivity index (χ0v) is 15.2. The molecule has 8 nitrogen and oxygen atoms in total. The number of alkyl halides is 3. The fraction of sp³-hybridized carbons (Fsp3) is 0.353. The van der Waals surface area contributed by atoms with Crippen molar-refractivity contribution in [2.24, 2.45) is 0 Å². The highest BCUT2D eigenvalue weighted by molar-refractivity contribution is 6.30. The lowest BCUT2D eigenvalue weighted by Crippen LogP contribution is -2.36. The Morgan fingerprint density at radius 2 is 1.97 bits per heavy atom. The average molecular weight is 435 g/mol. The Hall–Kier alpha value is -2.63. The van der Waals surface area contributed by atoms with Gasteiger partial charge in [0.2, 0.25) is 0 Å². The van der Waals surface area contributed by atoms with Crippen molar-refractivity contribution in [2.45, 2.75) is 31.0 Å². The second-order valence-corrected chi connectivity index (χ2v) is 6.64. The van der Waals surface area contributed by atoms with Gasteiger partial charge in [0.25, 0.3) is 5.56 Å². The molecular weight excluding hydrogens is 421 g/mol. The van der Waals surface area contributed by atoms with E-state index in [1.807, 2.05) is 0 Å². The number of halogens is 4. The molecule has 0 bridgehead atoms. The monoisotopic (exact) mass is 434 g/mol. The molecule has 2 N–H and O–H groups in total. The van der Waals surface area contributed by atoms with Crippen molar-refractivity contribution < 1.29 is 32.5 Å². The van der Waals surface area contributed by atoms with Crippen LogP contribution in [0.3, 0.4) is 0 Å². The summed E-state index contributed by atoms with van der Waals surface area (Å²) >= 11 is 5.75. The van der Waals surface area contributed by atoms with Crippen molar-refractivity contribution in [1.82, 2.24) is 9.55 Å². The fourth-order valence-corrected chi connectivity index (χ4v) is 2.98. The van der Waals surface area contributed by atoms with Crippen LogP contribution in [0.25, 0.3) is 0 Å². The first-order valence-corrected chi connectivity index (χ1v) is 8.63. The Morgan fingerprint density at radius 1 is 1.31 bits per heavy atom. The number of aliphatic hydroxyl groups excluding tert-OH is 1. The summed E-state index contributed by atoms with van der Waals surface area (Å²) < 4.78 is 50.1. The maximum atomic E-state index is 13.0. The minimum atomic E-state index is -4.99. The van der Waals surface area contributed by atoms with Crippen molar-refractivity contribution in [1.29, 1.82) is 0 Å². The molecule has 1 fully saturated rings.